The van der Waals surface area contributed by atoms with E-state index in [1.165, 1.54) is 5.56 Å². The molecular formula is C27H33N5O. The van der Waals surface area contributed by atoms with Crippen LogP contribution in [-0.4, -0.2) is 53.7 Å². The second kappa shape index (κ2) is 11.6. The summed E-state index contributed by atoms with van der Waals surface area (Å²) >= 11 is 0. The molecule has 2 aromatic carbocycles. The summed E-state index contributed by atoms with van der Waals surface area (Å²) in [6.07, 6.45) is 1.69. The number of aromatic nitrogens is 2. The van der Waals surface area contributed by atoms with Crippen molar-refractivity contribution in [2.24, 2.45) is 5.92 Å². The molecule has 0 unspecified atom stereocenters. The number of rotatable bonds is 9. The van der Waals surface area contributed by atoms with Crippen molar-refractivity contribution in [1.82, 2.24) is 20.4 Å². The van der Waals surface area contributed by atoms with E-state index >= 15 is 0 Å². The maximum atomic E-state index is 12.7. The van der Waals surface area contributed by atoms with Crippen LogP contribution >= 0.6 is 0 Å². The van der Waals surface area contributed by atoms with Gasteiger partial charge in [0.05, 0.1) is 5.69 Å². The molecule has 0 bridgehead atoms. The van der Waals surface area contributed by atoms with E-state index in [2.05, 4.69) is 56.5 Å². The monoisotopic (exact) mass is 443 g/mol. The van der Waals surface area contributed by atoms with Crippen LogP contribution in [0.3, 0.4) is 0 Å². The fourth-order valence-electron chi connectivity index (χ4n) is 4.30. The fourth-order valence-corrected chi connectivity index (χ4v) is 4.30. The minimum absolute atomic E-state index is 0.0713. The molecular weight excluding hydrogens is 410 g/mol. The van der Waals surface area contributed by atoms with E-state index in [1.54, 1.807) is 0 Å². The largest absolute Gasteiger partial charge is 0.355 e. The molecule has 0 aliphatic carbocycles. The summed E-state index contributed by atoms with van der Waals surface area (Å²) in [6, 6.07) is 24.6. The Labute approximate surface area is 196 Å². The Morgan fingerprint density at radius 2 is 1.67 bits per heavy atom. The standard InChI is InChI=1S/C27H33N5O/c1-2-31(21-22-9-5-3-6-10-22)20-17-28-27(33)24-15-18-32(19-16-24)26-14-13-25(29-30-26)23-11-7-4-8-12-23/h3-14,24H,2,15-21H2,1H3,(H,28,33). The van der Waals surface area contributed by atoms with Gasteiger partial charge in [0.15, 0.2) is 5.82 Å². The summed E-state index contributed by atoms with van der Waals surface area (Å²) in [4.78, 5) is 17.3. The molecule has 1 aliphatic rings. The first-order chi connectivity index (χ1) is 16.2. The molecule has 1 fully saturated rings. The van der Waals surface area contributed by atoms with Crippen LogP contribution in [-0.2, 0) is 11.3 Å². The highest BCUT2D eigenvalue weighted by Gasteiger charge is 2.25. The molecule has 0 radical (unpaired) electrons. The highest BCUT2D eigenvalue weighted by atomic mass is 16.1. The number of benzene rings is 2. The summed E-state index contributed by atoms with van der Waals surface area (Å²) < 4.78 is 0. The summed E-state index contributed by atoms with van der Waals surface area (Å²) in [5.41, 5.74) is 3.25. The first-order valence-electron chi connectivity index (χ1n) is 11.9. The van der Waals surface area contributed by atoms with Crippen LogP contribution in [0.5, 0.6) is 0 Å². The molecule has 3 aromatic rings. The van der Waals surface area contributed by atoms with Gasteiger partial charge in [-0.15, -0.1) is 10.2 Å². The van der Waals surface area contributed by atoms with Gasteiger partial charge in [0.2, 0.25) is 5.91 Å². The van der Waals surface area contributed by atoms with E-state index in [-0.39, 0.29) is 11.8 Å². The minimum Gasteiger partial charge on any atom is -0.355 e. The predicted octanol–water partition coefficient (Wildman–Crippen LogP) is 4.00. The van der Waals surface area contributed by atoms with E-state index in [4.69, 9.17) is 0 Å². The number of likely N-dealkylation sites (N-methyl/N-ethyl adjacent to an activating group) is 1. The number of piperidine rings is 1. The molecule has 1 aromatic heterocycles. The molecule has 2 heterocycles. The first-order valence-corrected chi connectivity index (χ1v) is 11.9. The number of anilines is 1. The van der Waals surface area contributed by atoms with Gasteiger partial charge < -0.3 is 10.2 Å². The lowest BCUT2D eigenvalue weighted by Crippen LogP contribution is -2.42. The summed E-state index contributed by atoms with van der Waals surface area (Å²) in [6.45, 7) is 7.24. The van der Waals surface area contributed by atoms with E-state index in [1.807, 2.05) is 48.5 Å². The predicted molar refractivity (Wildman–Crippen MR) is 133 cm³/mol. The fraction of sp³-hybridized carbons (Fsp3) is 0.370. The van der Waals surface area contributed by atoms with Crippen molar-refractivity contribution in [1.29, 1.82) is 0 Å². The average Bonchev–Trinajstić information content (AvgIpc) is 2.89. The third-order valence-electron chi connectivity index (χ3n) is 6.33. The summed E-state index contributed by atoms with van der Waals surface area (Å²) in [7, 11) is 0. The average molecular weight is 444 g/mol. The molecule has 0 saturated carbocycles. The van der Waals surface area contributed by atoms with E-state index in [0.717, 1.165) is 62.6 Å². The molecule has 1 amide bonds. The SMILES string of the molecule is CCN(CCNC(=O)C1CCN(c2ccc(-c3ccccc3)nn2)CC1)Cc1ccccc1. The Morgan fingerprint density at radius 3 is 2.30 bits per heavy atom. The molecule has 6 heteroatoms. The van der Waals surface area contributed by atoms with Gasteiger partial charge in [0.1, 0.15) is 0 Å². The molecule has 6 nitrogen and oxygen atoms in total. The molecule has 1 aliphatic heterocycles. The number of hydrogen-bond donors (Lipinski definition) is 1. The number of amides is 1. The van der Waals surface area contributed by atoms with Gasteiger partial charge >= 0.3 is 0 Å². The highest BCUT2D eigenvalue weighted by Crippen LogP contribution is 2.23. The van der Waals surface area contributed by atoms with Crippen molar-refractivity contribution in [2.75, 3.05) is 37.6 Å². The molecule has 1 N–H and O–H groups in total. The second-order valence-corrected chi connectivity index (χ2v) is 8.55. The minimum atomic E-state index is 0.0713. The highest BCUT2D eigenvalue weighted by molar-refractivity contribution is 5.79. The molecule has 1 saturated heterocycles. The zero-order valence-electron chi connectivity index (χ0n) is 19.4. The second-order valence-electron chi connectivity index (χ2n) is 8.55. The van der Waals surface area contributed by atoms with Crippen LogP contribution in [0, 0.1) is 5.92 Å². The molecule has 172 valence electrons. The summed E-state index contributed by atoms with van der Waals surface area (Å²) in [5, 5.41) is 12.0. The zero-order valence-corrected chi connectivity index (χ0v) is 19.4. The maximum absolute atomic E-state index is 12.7. The van der Waals surface area contributed by atoms with E-state index in [9.17, 15) is 4.79 Å². The topological polar surface area (TPSA) is 61.4 Å². The molecule has 33 heavy (non-hydrogen) atoms. The lowest BCUT2D eigenvalue weighted by Gasteiger charge is -2.32. The lowest BCUT2D eigenvalue weighted by molar-refractivity contribution is -0.125. The Kier molecular flexibility index (Phi) is 8.04. The van der Waals surface area contributed by atoms with Gasteiger partial charge in [-0.2, -0.15) is 0 Å². The van der Waals surface area contributed by atoms with Gasteiger partial charge in [0.25, 0.3) is 0 Å². The number of carbonyl (C=O) groups is 1. The number of nitrogens with zero attached hydrogens (tertiary/aromatic N) is 4. The number of hydrogen-bond acceptors (Lipinski definition) is 5. The van der Waals surface area contributed by atoms with Gasteiger partial charge in [-0.25, -0.2) is 0 Å². The van der Waals surface area contributed by atoms with Gasteiger partial charge in [0, 0.05) is 44.2 Å². The normalized spacial score (nSPS) is 14.4. The van der Waals surface area contributed by atoms with Crippen LogP contribution in [0.15, 0.2) is 72.8 Å². The quantitative estimate of drug-likeness (QED) is 0.542. The molecule has 0 spiro atoms. The zero-order chi connectivity index (χ0) is 22.9. The molecule has 0 atom stereocenters. The van der Waals surface area contributed by atoms with Crippen LogP contribution in [0.4, 0.5) is 5.82 Å². The van der Waals surface area contributed by atoms with Crippen LogP contribution in [0.1, 0.15) is 25.3 Å². The third kappa shape index (κ3) is 6.39. The number of nitrogens with one attached hydrogen (secondary N) is 1. The van der Waals surface area contributed by atoms with Gasteiger partial charge in [-0.3, -0.25) is 9.69 Å². The van der Waals surface area contributed by atoms with Crippen LogP contribution in [0.25, 0.3) is 11.3 Å². The Morgan fingerprint density at radius 1 is 0.970 bits per heavy atom. The Hall–Kier alpha value is -3.25. The van der Waals surface area contributed by atoms with Gasteiger partial charge in [-0.1, -0.05) is 67.6 Å². The Balaban J connectivity index is 1.20. The lowest BCUT2D eigenvalue weighted by atomic mass is 9.96. The van der Waals surface area contributed by atoms with Crippen molar-refractivity contribution in [3.63, 3.8) is 0 Å². The van der Waals surface area contributed by atoms with E-state index < -0.39 is 0 Å². The third-order valence-corrected chi connectivity index (χ3v) is 6.33. The van der Waals surface area contributed by atoms with Crippen molar-refractivity contribution in [2.45, 2.75) is 26.3 Å². The first kappa shape index (κ1) is 22.9. The maximum Gasteiger partial charge on any atom is 0.223 e. The van der Waals surface area contributed by atoms with Gasteiger partial charge in [-0.05, 0) is 37.1 Å². The smallest absolute Gasteiger partial charge is 0.223 e. The van der Waals surface area contributed by atoms with Crippen LogP contribution < -0.4 is 10.2 Å². The van der Waals surface area contributed by atoms with Crippen molar-refractivity contribution < 1.29 is 4.79 Å². The van der Waals surface area contributed by atoms with Crippen molar-refractivity contribution >= 4 is 11.7 Å². The Bertz CT molecular complexity index is 986. The molecule has 4 rings (SSSR count). The van der Waals surface area contributed by atoms with Crippen molar-refractivity contribution in [3.8, 4) is 11.3 Å². The summed E-state index contributed by atoms with van der Waals surface area (Å²) in [5.74, 6) is 1.13. The van der Waals surface area contributed by atoms with E-state index in [0.29, 0.717) is 6.54 Å². The van der Waals surface area contributed by atoms with Crippen LogP contribution in [0.2, 0.25) is 0 Å². The van der Waals surface area contributed by atoms with Crippen molar-refractivity contribution in [3.05, 3.63) is 78.4 Å². The number of carbonyl (C=O) groups excluding carboxylic acids is 1.